The first-order valence-corrected chi connectivity index (χ1v) is 9.94. The van der Waals surface area contributed by atoms with Gasteiger partial charge in [-0.1, -0.05) is 37.5 Å². The van der Waals surface area contributed by atoms with Crippen molar-refractivity contribution >= 4 is 41.0 Å². The molecule has 1 aromatic heterocycles. The number of amides is 1. The van der Waals surface area contributed by atoms with Gasteiger partial charge < -0.3 is 15.5 Å². The lowest BCUT2D eigenvalue weighted by Gasteiger charge is -2.20. The molecule has 1 saturated carbocycles. The number of halogens is 1. The molecule has 1 amide bonds. The summed E-state index contributed by atoms with van der Waals surface area (Å²) in [6, 6.07) is 7.93. The van der Waals surface area contributed by atoms with E-state index in [1.807, 2.05) is 36.0 Å². The highest BCUT2D eigenvalue weighted by atomic mass is 35.5. The van der Waals surface area contributed by atoms with Gasteiger partial charge in [-0.15, -0.1) is 12.4 Å². The third kappa shape index (κ3) is 5.16. The fraction of sp³-hybridized carbons (Fsp3) is 0.526. The molecule has 0 spiro atoms. The average molecular weight is 383 g/mol. The Labute approximate surface area is 159 Å². The molecule has 0 atom stereocenters. The molecule has 0 aliphatic heterocycles. The van der Waals surface area contributed by atoms with Crippen LogP contribution in [0.5, 0.6) is 0 Å². The molecule has 1 aromatic carbocycles. The van der Waals surface area contributed by atoms with E-state index < -0.39 is 0 Å². The highest BCUT2D eigenvalue weighted by molar-refractivity contribution is 7.99. The van der Waals surface area contributed by atoms with Crippen molar-refractivity contribution in [2.24, 2.45) is 5.73 Å². The highest BCUT2D eigenvalue weighted by Gasteiger charge is 2.22. The maximum Gasteiger partial charge on any atom is 0.287 e. The van der Waals surface area contributed by atoms with Gasteiger partial charge >= 0.3 is 0 Å². The Hall–Kier alpha value is -1.17. The van der Waals surface area contributed by atoms with Gasteiger partial charge in [-0.05, 0) is 31.9 Å². The Morgan fingerprint density at radius 1 is 1.24 bits per heavy atom. The predicted octanol–water partition coefficient (Wildman–Crippen LogP) is 4.50. The zero-order chi connectivity index (χ0) is 16.8. The molecule has 138 valence electrons. The number of nitrogens with one attached hydrogen (secondary N) is 1. The third-order valence-electron chi connectivity index (χ3n) is 4.59. The van der Waals surface area contributed by atoms with Crippen molar-refractivity contribution in [1.82, 2.24) is 5.32 Å². The smallest absolute Gasteiger partial charge is 0.287 e. The summed E-state index contributed by atoms with van der Waals surface area (Å²) in [5.41, 5.74) is 7.32. The molecule has 0 radical (unpaired) electrons. The molecule has 2 aromatic rings. The number of benzene rings is 1. The molecule has 6 heteroatoms. The fourth-order valence-corrected chi connectivity index (χ4v) is 4.60. The number of fused-ring (bicyclic) bond motifs is 1. The summed E-state index contributed by atoms with van der Waals surface area (Å²) in [5.74, 6) is 1.18. The van der Waals surface area contributed by atoms with Crippen LogP contribution in [-0.2, 0) is 5.75 Å². The zero-order valence-electron chi connectivity index (χ0n) is 14.5. The summed E-state index contributed by atoms with van der Waals surface area (Å²) in [4.78, 5) is 12.5. The van der Waals surface area contributed by atoms with E-state index in [2.05, 4.69) is 5.32 Å². The van der Waals surface area contributed by atoms with Crippen molar-refractivity contribution in [3.63, 3.8) is 0 Å². The lowest BCUT2D eigenvalue weighted by atomic mass is 10.0. The second-order valence-electron chi connectivity index (χ2n) is 6.38. The lowest BCUT2D eigenvalue weighted by molar-refractivity contribution is 0.0927. The van der Waals surface area contributed by atoms with Crippen LogP contribution in [0.4, 0.5) is 0 Å². The minimum absolute atomic E-state index is 0. The van der Waals surface area contributed by atoms with Crippen LogP contribution in [0.15, 0.2) is 28.7 Å². The van der Waals surface area contributed by atoms with E-state index in [0.717, 1.165) is 28.7 Å². The first kappa shape index (κ1) is 20.1. The summed E-state index contributed by atoms with van der Waals surface area (Å²) in [5, 5.41) is 4.69. The summed E-state index contributed by atoms with van der Waals surface area (Å²) in [6.07, 6.45) is 7.38. The van der Waals surface area contributed by atoms with E-state index in [4.69, 9.17) is 10.2 Å². The van der Waals surface area contributed by atoms with Gasteiger partial charge in [0.05, 0.1) is 0 Å². The number of para-hydroxylation sites is 1. The van der Waals surface area contributed by atoms with Gasteiger partial charge in [-0.2, -0.15) is 11.8 Å². The third-order valence-corrected chi connectivity index (χ3v) is 5.98. The zero-order valence-corrected chi connectivity index (χ0v) is 16.1. The summed E-state index contributed by atoms with van der Waals surface area (Å²) in [7, 11) is 0. The standard InChI is InChI=1S/C19H26N2O2S.ClH/c20-11-6-12-21-19(22)18-16(13-24-14-7-2-1-3-8-14)15-9-4-5-10-17(15)23-18;/h4-5,9-10,14H,1-3,6-8,11-13,20H2,(H,21,22);1H. The largest absolute Gasteiger partial charge is 0.451 e. The van der Waals surface area contributed by atoms with Crippen LogP contribution in [0.3, 0.4) is 0 Å². The number of carbonyl (C=O) groups is 1. The van der Waals surface area contributed by atoms with Crippen LogP contribution in [0.1, 0.15) is 54.6 Å². The summed E-state index contributed by atoms with van der Waals surface area (Å²) in [6.45, 7) is 1.16. The summed E-state index contributed by atoms with van der Waals surface area (Å²) >= 11 is 1.97. The predicted molar refractivity (Wildman–Crippen MR) is 108 cm³/mol. The molecule has 1 fully saturated rings. The number of rotatable bonds is 7. The quantitative estimate of drug-likeness (QED) is 0.692. The molecule has 1 heterocycles. The van der Waals surface area contributed by atoms with E-state index in [1.165, 1.54) is 32.1 Å². The van der Waals surface area contributed by atoms with Crippen LogP contribution in [0, 0.1) is 0 Å². The Morgan fingerprint density at radius 2 is 2.00 bits per heavy atom. The molecule has 25 heavy (non-hydrogen) atoms. The van der Waals surface area contributed by atoms with Crippen molar-refractivity contribution in [3.05, 3.63) is 35.6 Å². The van der Waals surface area contributed by atoms with Crippen molar-refractivity contribution < 1.29 is 9.21 Å². The van der Waals surface area contributed by atoms with E-state index >= 15 is 0 Å². The Kier molecular flexibility index (Phi) is 8.13. The maximum atomic E-state index is 12.5. The fourth-order valence-electron chi connectivity index (χ4n) is 3.24. The van der Waals surface area contributed by atoms with E-state index in [-0.39, 0.29) is 18.3 Å². The number of hydrogen-bond acceptors (Lipinski definition) is 4. The first-order chi connectivity index (χ1) is 11.8. The molecular weight excluding hydrogens is 356 g/mol. The SMILES string of the molecule is Cl.NCCCNC(=O)c1oc2ccccc2c1CSC1CCCCC1. The molecule has 4 nitrogen and oxygen atoms in total. The van der Waals surface area contributed by atoms with Crippen molar-refractivity contribution in [3.8, 4) is 0 Å². The van der Waals surface area contributed by atoms with Crippen LogP contribution in [0.25, 0.3) is 11.0 Å². The minimum Gasteiger partial charge on any atom is -0.451 e. The number of hydrogen-bond donors (Lipinski definition) is 2. The van der Waals surface area contributed by atoms with Gasteiger partial charge in [0, 0.05) is 28.5 Å². The van der Waals surface area contributed by atoms with Crippen LogP contribution in [-0.4, -0.2) is 24.2 Å². The highest BCUT2D eigenvalue weighted by Crippen LogP contribution is 2.34. The Balaban J connectivity index is 0.00000225. The van der Waals surface area contributed by atoms with Gasteiger partial charge in [0.25, 0.3) is 5.91 Å². The van der Waals surface area contributed by atoms with Gasteiger partial charge in [-0.3, -0.25) is 4.79 Å². The maximum absolute atomic E-state index is 12.5. The molecule has 1 aliphatic carbocycles. The van der Waals surface area contributed by atoms with Crippen molar-refractivity contribution in [1.29, 1.82) is 0 Å². The van der Waals surface area contributed by atoms with E-state index in [0.29, 0.717) is 24.1 Å². The average Bonchev–Trinajstić information content (AvgIpc) is 3.00. The number of thioether (sulfide) groups is 1. The first-order valence-electron chi connectivity index (χ1n) is 8.90. The van der Waals surface area contributed by atoms with E-state index in [1.54, 1.807) is 0 Å². The second kappa shape index (κ2) is 10.1. The Bertz CT molecular complexity index is 683. The van der Waals surface area contributed by atoms with Crippen molar-refractivity contribution in [2.75, 3.05) is 13.1 Å². The molecule has 3 rings (SSSR count). The summed E-state index contributed by atoms with van der Waals surface area (Å²) < 4.78 is 5.87. The van der Waals surface area contributed by atoms with E-state index in [9.17, 15) is 4.79 Å². The van der Waals surface area contributed by atoms with Gasteiger partial charge in [0.1, 0.15) is 5.58 Å². The molecule has 0 bridgehead atoms. The molecule has 3 N–H and O–H groups in total. The van der Waals surface area contributed by atoms with Gasteiger partial charge in [0.2, 0.25) is 0 Å². The lowest BCUT2D eigenvalue weighted by Crippen LogP contribution is -2.26. The van der Waals surface area contributed by atoms with Crippen molar-refractivity contribution in [2.45, 2.75) is 49.5 Å². The number of carbonyl (C=O) groups excluding carboxylic acids is 1. The molecule has 0 saturated heterocycles. The van der Waals surface area contributed by atoms with Gasteiger partial charge in [0.15, 0.2) is 5.76 Å². The number of nitrogens with two attached hydrogens (primary N) is 1. The van der Waals surface area contributed by atoms with Crippen LogP contribution < -0.4 is 11.1 Å². The second-order valence-corrected chi connectivity index (χ2v) is 7.66. The van der Waals surface area contributed by atoms with Crippen LogP contribution >= 0.6 is 24.2 Å². The minimum atomic E-state index is -0.126. The number of furan rings is 1. The molecular formula is C19H27ClN2O2S. The normalized spacial score (nSPS) is 15.1. The monoisotopic (exact) mass is 382 g/mol. The van der Waals surface area contributed by atoms with Gasteiger partial charge in [-0.25, -0.2) is 0 Å². The Morgan fingerprint density at radius 3 is 2.76 bits per heavy atom. The molecule has 1 aliphatic rings. The topological polar surface area (TPSA) is 68.3 Å². The molecule has 0 unspecified atom stereocenters. The van der Waals surface area contributed by atoms with Crippen LogP contribution in [0.2, 0.25) is 0 Å².